The molecule has 0 saturated heterocycles. The normalized spacial score (nSPS) is 14.2. The molecule has 0 aromatic carbocycles. The molecule has 0 aliphatic heterocycles. The van der Waals surface area contributed by atoms with E-state index < -0.39 is 6.10 Å². The van der Waals surface area contributed by atoms with Crippen molar-refractivity contribution in [3.05, 3.63) is 0 Å². The van der Waals surface area contributed by atoms with Gasteiger partial charge in [-0.2, -0.15) is 0 Å². The molecular weight excluding hydrogens is 248 g/mol. The van der Waals surface area contributed by atoms with E-state index >= 15 is 0 Å². The first kappa shape index (κ1) is 19.6. The Balaban J connectivity index is 3.68. The summed E-state index contributed by atoms with van der Waals surface area (Å²) in [5.74, 6) is 0.0400. The van der Waals surface area contributed by atoms with Crippen LogP contribution in [0.3, 0.4) is 0 Å². The zero-order valence-electron chi connectivity index (χ0n) is 14.0. The van der Waals surface area contributed by atoms with Crippen molar-refractivity contribution in [1.82, 2.24) is 0 Å². The lowest BCUT2D eigenvalue weighted by atomic mass is 9.89. The highest BCUT2D eigenvalue weighted by molar-refractivity contribution is 5.78. The quantitative estimate of drug-likeness (QED) is 0.441. The molecule has 0 saturated carbocycles. The lowest BCUT2D eigenvalue weighted by molar-refractivity contribution is -0.124. The molecule has 0 spiro atoms. The predicted octanol–water partition coefficient (Wildman–Crippen LogP) is 5.27. The number of hydrogen-bond donors (Lipinski definition) is 1. The first-order valence-corrected chi connectivity index (χ1v) is 8.82. The van der Waals surface area contributed by atoms with Gasteiger partial charge in [0.15, 0.2) is 0 Å². The van der Waals surface area contributed by atoms with Gasteiger partial charge in [-0.15, -0.1) is 0 Å². The van der Waals surface area contributed by atoms with E-state index in [1.54, 1.807) is 6.92 Å². The molecule has 1 N–H and O–H groups in total. The van der Waals surface area contributed by atoms with Crippen LogP contribution in [0.15, 0.2) is 0 Å². The molecule has 0 amide bonds. The Morgan fingerprint density at radius 1 is 0.800 bits per heavy atom. The molecule has 2 unspecified atom stereocenters. The van der Waals surface area contributed by atoms with E-state index in [0.717, 1.165) is 32.1 Å². The molecular formula is C18H36O2. The molecule has 0 aliphatic rings. The van der Waals surface area contributed by atoms with Crippen LogP contribution in [-0.2, 0) is 4.79 Å². The number of unbranched alkanes of at least 4 members (excludes halogenated alkanes) is 8. The summed E-state index contributed by atoms with van der Waals surface area (Å²) in [4.78, 5) is 11.6. The molecule has 0 aromatic heterocycles. The van der Waals surface area contributed by atoms with Gasteiger partial charge >= 0.3 is 0 Å². The van der Waals surface area contributed by atoms with Crippen LogP contribution in [0, 0.1) is 5.92 Å². The summed E-state index contributed by atoms with van der Waals surface area (Å²) in [6.07, 6.45) is 13.6. The van der Waals surface area contributed by atoms with Crippen molar-refractivity contribution < 1.29 is 9.90 Å². The van der Waals surface area contributed by atoms with Crippen molar-refractivity contribution in [3.63, 3.8) is 0 Å². The predicted molar refractivity (Wildman–Crippen MR) is 86.9 cm³/mol. The van der Waals surface area contributed by atoms with Gasteiger partial charge in [0.05, 0.1) is 6.10 Å². The molecule has 2 heteroatoms. The van der Waals surface area contributed by atoms with Gasteiger partial charge in [-0.1, -0.05) is 78.1 Å². The Morgan fingerprint density at radius 2 is 1.30 bits per heavy atom. The van der Waals surface area contributed by atoms with Gasteiger partial charge in [0.25, 0.3) is 0 Å². The van der Waals surface area contributed by atoms with E-state index in [1.165, 1.54) is 44.9 Å². The minimum Gasteiger partial charge on any atom is -0.392 e. The van der Waals surface area contributed by atoms with Gasteiger partial charge < -0.3 is 5.11 Å². The van der Waals surface area contributed by atoms with Crippen LogP contribution in [0.1, 0.15) is 97.8 Å². The van der Waals surface area contributed by atoms with Crippen molar-refractivity contribution in [1.29, 1.82) is 0 Å². The van der Waals surface area contributed by atoms with E-state index in [2.05, 4.69) is 13.8 Å². The Hall–Kier alpha value is -0.370. The average Bonchev–Trinajstić information content (AvgIpc) is 2.42. The summed E-state index contributed by atoms with van der Waals surface area (Å²) in [6, 6.07) is 0. The fraction of sp³-hybridized carbons (Fsp3) is 0.944. The lowest BCUT2D eigenvalue weighted by Crippen LogP contribution is -2.26. The number of aliphatic hydroxyl groups is 1. The smallest absolute Gasteiger partial charge is 0.135 e. The summed E-state index contributed by atoms with van der Waals surface area (Å²) in [5.41, 5.74) is 0. The monoisotopic (exact) mass is 284 g/mol. The van der Waals surface area contributed by atoms with Gasteiger partial charge in [-0.25, -0.2) is 0 Å². The van der Waals surface area contributed by atoms with Crippen molar-refractivity contribution in [3.8, 4) is 0 Å². The van der Waals surface area contributed by atoms with Crippen LogP contribution in [-0.4, -0.2) is 17.0 Å². The Labute approximate surface area is 126 Å². The van der Waals surface area contributed by atoms with Crippen molar-refractivity contribution in [2.45, 2.75) is 104 Å². The number of carbonyl (C=O) groups excluding carboxylic acids is 1. The topological polar surface area (TPSA) is 37.3 Å². The standard InChI is InChI=1S/C18H36O2/c1-4-6-8-9-10-11-12-13-14-17(16(3)19)18(20)15-7-5-2/h17-18,20H,4-15H2,1-3H3. The third kappa shape index (κ3) is 10.4. The molecule has 20 heavy (non-hydrogen) atoms. The fourth-order valence-electron chi connectivity index (χ4n) is 2.78. The Morgan fingerprint density at radius 3 is 1.80 bits per heavy atom. The van der Waals surface area contributed by atoms with Crippen LogP contribution < -0.4 is 0 Å². The highest BCUT2D eigenvalue weighted by Gasteiger charge is 2.22. The van der Waals surface area contributed by atoms with Gasteiger partial charge in [0, 0.05) is 5.92 Å². The summed E-state index contributed by atoms with van der Waals surface area (Å²) < 4.78 is 0. The second-order valence-electron chi connectivity index (χ2n) is 6.19. The van der Waals surface area contributed by atoms with Gasteiger partial charge in [-0.3, -0.25) is 4.79 Å². The molecule has 0 bridgehead atoms. The molecule has 2 nitrogen and oxygen atoms in total. The molecule has 0 aliphatic carbocycles. The summed E-state index contributed by atoms with van der Waals surface area (Å²) in [5, 5.41) is 10.1. The second kappa shape index (κ2) is 13.6. The van der Waals surface area contributed by atoms with E-state index in [4.69, 9.17) is 0 Å². The average molecular weight is 284 g/mol. The van der Waals surface area contributed by atoms with E-state index in [0.29, 0.717) is 0 Å². The molecule has 120 valence electrons. The molecule has 0 rings (SSSR count). The molecule has 0 heterocycles. The van der Waals surface area contributed by atoms with Crippen LogP contribution in [0.5, 0.6) is 0 Å². The number of carbonyl (C=O) groups is 1. The van der Waals surface area contributed by atoms with Crippen molar-refractivity contribution in [2.75, 3.05) is 0 Å². The molecule has 0 aromatic rings. The largest absolute Gasteiger partial charge is 0.392 e. The fourth-order valence-corrected chi connectivity index (χ4v) is 2.78. The number of hydrogen-bond acceptors (Lipinski definition) is 2. The summed E-state index contributed by atoms with van der Waals surface area (Å²) >= 11 is 0. The minimum absolute atomic E-state index is 0.123. The maximum Gasteiger partial charge on any atom is 0.135 e. The molecule has 2 atom stereocenters. The van der Waals surface area contributed by atoms with Gasteiger partial charge in [-0.05, 0) is 19.8 Å². The van der Waals surface area contributed by atoms with E-state index in [9.17, 15) is 9.90 Å². The maximum atomic E-state index is 11.6. The summed E-state index contributed by atoms with van der Waals surface area (Å²) in [6.45, 7) is 5.99. The third-order valence-electron chi connectivity index (χ3n) is 4.21. The second-order valence-corrected chi connectivity index (χ2v) is 6.19. The molecule has 0 fully saturated rings. The Kier molecular flexibility index (Phi) is 13.4. The first-order valence-electron chi connectivity index (χ1n) is 8.82. The molecule has 0 radical (unpaired) electrons. The Bertz CT molecular complexity index is 225. The van der Waals surface area contributed by atoms with E-state index in [-0.39, 0.29) is 11.7 Å². The zero-order valence-corrected chi connectivity index (χ0v) is 14.0. The van der Waals surface area contributed by atoms with Crippen molar-refractivity contribution >= 4 is 5.78 Å². The van der Waals surface area contributed by atoms with Crippen LogP contribution in [0.2, 0.25) is 0 Å². The summed E-state index contributed by atoms with van der Waals surface area (Å²) in [7, 11) is 0. The van der Waals surface area contributed by atoms with Crippen molar-refractivity contribution in [2.24, 2.45) is 5.92 Å². The number of ketones is 1. The first-order chi connectivity index (χ1) is 9.63. The lowest BCUT2D eigenvalue weighted by Gasteiger charge is -2.20. The number of Topliss-reactive ketones (excluding diaryl/α,β-unsaturated/α-hetero) is 1. The van der Waals surface area contributed by atoms with Gasteiger partial charge in [0.2, 0.25) is 0 Å². The van der Waals surface area contributed by atoms with Crippen LogP contribution >= 0.6 is 0 Å². The zero-order chi connectivity index (χ0) is 15.2. The third-order valence-corrected chi connectivity index (χ3v) is 4.21. The number of rotatable bonds is 14. The highest BCUT2D eigenvalue weighted by Crippen LogP contribution is 2.20. The minimum atomic E-state index is -0.419. The van der Waals surface area contributed by atoms with Crippen LogP contribution in [0.25, 0.3) is 0 Å². The highest BCUT2D eigenvalue weighted by atomic mass is 16.3. The SMILES string of the molecule is CCCCCCCCCCC(C(C)=O)C(O)CCCC. The maximum absolute atomic E-state index is 11.6. The van der Waals surface area contributed by atoms with E-state index in [1.807, 2.05) is 0 Å². The van der Waals surface area contributed by atoms with Crippen LogP contribution in [0.4, 0.5) is 0 Å². The van der Waals surface area contributed by atoms with Gasteiger partial charge in [0.1, 0.15) is 5.78 Å². The number of aliphatic hydroxyl groups excluding tert-OH is 1.